The average molecular weight is 543 g/mol. The van der Waals surface area contributed by atoms with Crippen molar-refractivity contribution in [3.05, 3.63) is 94.0 Å². The third-order valence-corrected chi connectivity index (χ3v) is 6.03. The van der Waals surface area contributed by atoms with Crippen LogP contribution in [0, 0.1) is 0 Å². The van der Waals surface area contributed by atoms with Gasteiger partial charge in [-0.1, -0.05) is 65.7 Å². The standard InChI is InChI=1S/C29H32Cl2N2O4/c1-29(2,3)32-28(35)25(16-20-9-6-5-7-10-20)33(18-21-11-8-12-23(15-21)36-4)27(34)19-37-26-14-13-22(30)17-24(26)31/h5-15,17,25H,16,18-19H2,1-4H3,(H,32,35)/t25-/m0/s1. The van der Waals surface area contributed by atoms with Crippen LogP contribution in [-0.4, -0.2) is 42.0 Å². The van der Waals surface area contributed by atoms with Gasteiger partial charge in [0.15, 0.2) is 6.61 Å². The molecule has 0 saturated carbocycles. The van der Waals surface area contributed by atoms with E-state index in [-0.39, 0.29) is 25.0 Å². The largest absolute Gasteiger partial charge is 0.497 e. The van der Waals surface area contributed by atoms with Crippen molar-refractivity contribution in [2.75, 3.05) is 13.7 Å². The van der Waals surface area contributed by atoms with Crippen LogP contribution >= 0.6 is 23.2 Å². The van der Waals surface area contributed by atoms with E-state index in [0.29, 0.717) is 28.0 Å². The van der Waals surface area contributed by atoms with Gasteiger partial charge in [0.05, 0.1) is 12.1 Å². The van der Waals surface area contributed by atoms with Crippen molar-refractivity contribution in [3.63, 3.8) is 0 Å². The molecule has 0 aromatic heterocycles. The summed E-state index contributed by atoms with van der Waals surface area (Å²) in [6, 6.07) is 21.0. The Bertz CT molecular complexity index is 1210. The van der Waals surface area contributed by atoms with Gasteiger partial charge in [0, 0.05) is 23.5 Å². The highest BCUT2D eigenvalue weighted by molar-refractivity contribution is 6.35. The lowest BCUT2D eigenvalue weighted by molar-refractivity contribution is -0.143. The van der Waals surface area contributed by atoms with E-state index in [2.05, 4.69) is 5.32 Å². The van der Waals surface area contributed by atoms with E-state index < -0.39 is 11.6 Å². The summed E-state index contributed by atoms with van der Waals surface area (Å²) in [6.07, 6.45) is 0.333. The van der Waals surface area contributed by atoms with E-state index in [1.54, 1.807) is 30.2 Å². The second kappa shape index (κ2) is 12.8. The molecule has 0 unspecified atom stereocenters. The quantitative estimate of drug-likeness (QED) is 0.344. The Morgan fingerprint density at radius 3 is 2.30 bits per heavy atom. The first-order chi connectivity index (χ1) is 17.6. The van der Waals surface area contributed by atoms with Crippen molar-refractivity contribution in [3.8, 4) is 11.5 Å². The SMILES string of the molecule is COc1cccc(CN(C(=O)COc2ccc(Cl)cc2Cl)[C@@H](Cc2ccccc2)C(=O)NC(C)(C)C)c1. The van der Waals surface area contributed by atoms with E-state index >= 15 is 0 Å². The van der Waals surface area contributed by atoms with Crippen LogP contribution in [0.15, 0.2) is 72.8 Å². The maximum Gasteiger partial charge on any atom is 0.261 e. The molecule has 0 saturated heterocycles. The zero-order chi connectivity index (χ0) is 27.0. The number of hydrogen-bond acceptors (Lipinski definition) is 4. The first-order valence-corrected chi connectivity index (χ1v) is 12.7. The van der Waals surface area contributed by atoms with Crippen molar-refractivity contribution in [1.29, 1.82) is 0 Å². The molecule has 8 heteroatoms. The maximum absolute atomic E-state index is 13.7. The Labute approximate surface area is 228 Å². The molecule has 0 aliphatic carbocycles. The van der Waals surface area contributed by atoms with Crippen LogP contribution in [0.1, 0.15) is 31.9 Å². The predicted molar refractivity (Wildman–Crippen MR) is 147 cm³/mol. The van der Waals surface area contributed by atoms with Gasteiger partial charge in [0.1, 0.15) is 17.5 Å². The monoisotopic (exact) mass is 542 g/mol. The zero-order valence-corrected chi connectivity index (χ0v) is 23.0. The van der Waals surface area contributed by atoms with Crippen LogP contribution in [0.2, 0.25) is 10.0 Å². The topological polar surface area (TPSA) is 67.9 Å². The summed E-state index contributed by atoms with van der Waals surface area (Å²) >= 11 is 12.2. The molecule has 2 amide bonds. The molecule has 0 fully saturated rings. The first kappa shape index (κ1) is 28.4. The molecular formula is C29H32Cl2N2O4. The summed E-state index contributed by atoms with van der Waals surface area (Å²) in [5.41, 5.74) is 1.27. The number of halogens is 2. The number of amides is 2. The number of ether oxygens (including phenoxy) is 2. The van der Waals surface area contributed by atoms with Gasteiger partial charge in [-0.2, -0.15) is 0 Å². The third kappa shape index (κ3) is 8.69. The fourth-order valence-electron chi connectivity index (χ4n) is 3.79. The minimum atomic E-state index is -0.787. The molecule has 0 spiro atoms. The molecule has 3 rings (SSSR count). The van der Waals surface area contributed by atoms with Gasteiger partial charge in [-0.15, -0.1) is 0 Å². The molecule has 0 bridgehead atoms. The molecule has 3 aromatic carbocycles. The molecule has 1 N–H and O–H groups in total. The lowest BCUT2D eigenvalue weighted by Gasteiger charge is -2.33. The molecule has 1 atom stereocenters. The Morgan fingerprint density at radius 1 is 0.946 bits per heavy atom. The van der Waals surface area contributed by atoms with E-state index in [4.69, 9.17) is 32.7 Å². The van der Waals surface area contributed by atoms with Crippen molar-refractivity contribution >= 4 is 35.0 Å². The molecule has 196 valence electrons. The molecule has 0 heterocycles. The third-order valence-electron chi connectivity index (χ3n) is 5.50. The Balaban J connectivity index is 1.95. The Hall–Kier alpha value is -3.22. The first-order valence-electron chi connectivity index (χ1n) is 11.9. The lowest BCUT2D eigenvalue weighted by atomic mass is 10.0. The Kier molecular flexibility index (Phi) is 9.84. The van der Waals surface area contributed by atoms with Crippen LogP contribution < -0.4 is 14.8 Å². The maximum atomic E-state index is 13.7. The molecule has 0 aliphatic heterocycles. The number of nitrogens with one attached hydrogen (secondary N) is 1. The van der Waals surface area contributed by atoms with Crippen LogP contribution in [0.4, 0.5) is 0 Å². The lowest BCUT2D eigenvalue weighted by Crippen LogP contribution is -2.55. The number of methoxy groups -OCH3 is 1. The number of hydrogen-bond donors (Lipinski definition) is 1. The summed E-state index contributed by atoms with van der Waals surface area (Å²) in [5.74, 6) is 0.378. The van der Waals surface area contributed by atoms with Gasteiger partial charge >= 0.3 is 0 Å². The number of rotatable bonds is 10. The predicted octanol–water partition coefficient (Wildman–Crippen LogP) is 5.94. The summed E-state index contributed by atoms with van der Waals surface area (Å²) in [4.78, 5) is 28.8. The van der Waals surface area contributed by atoms with E-state index in [1.165, 1.54) is 0 Å². The molecular weight excluding hydrogens is 511 g/mol. The highest BCUT2D eigenvalue weighted by atomic mass is 35.5. The summed E-state index contributed by atoms with van der Waals surface area (Å²) in [5, 5.41) is 3.80. The highest BCUT2D eigenvalue weighted by Gasteiger charge is 2.32. The van der Waals surface area contributed by atoms with Crippen molar-refractivity contribution < 1.29 is 19.1 Å². The minimum Gasteiger partial charge on any atom is -0.497 e. The van der Waals surface area contributed by atoms with E-state index in [9.17, 15) is 9.59 Å². The van der Waals surface area contributed by atoms with Crippen molar-refractivity contribution in [2.24, 2.45) is 0 Å². The number of benzene rings is 3. The van der Waals surface area contributed by atoms with Gasteiger partial charge in [0.2, 0.25) is 5.91 Å². The van der Waals surface area contributed by atoms with Gasteiger partial charge in [-0.05, 0) is 62.2 Å². The smallest absolute Gasteiger partial charge is 0.261 e. The summed E-state index contributed by atoms with van der Waals surface area (Å²) in [6.45, 7) is 5.60. The van der Waals surface area contributed by atoms with Gasteiger partial charge in [0.25, 0.3) is 5.91 Å². The van der Waals surface area contributed by atoms with E-state index in [1.807, 2.05) is 75.4 Å². The van der Waals surface area contributed by atoms with Crippen LogP contribution in [0.5, 0.6) is 11.5 Å². The zero-order valence-electron chi connectivity index (χ0n) is 21.5. The molecule has 37 heavy (non-hydrogen) atoms. The van der Waals surface area contributed by atoms with Gasteiger partial charge in [-0.3, -0.25) is 9.59 Å². The van der Waals surface area contributed by atoms with Gasteiger partial charge < -0.3 is 19.7 Å². The number of nitrogens with zero attached hydrogens (tertiary/aromatic N) is 1. The second-order valence-corrected chi connectivity index (χ2v) is 10.5. The normalized spacial score (nSPS) is 11.9. The fraction of sp³-hybridized carbons (Fsp3) is 0.310. The highest BCUT2D eigenvalue weighted by Crippen LogP contribution is 2.28. The number of carbonyl (C=O) groups excluding carboxylic acids is 2. The van der Waals surface area contributed by atoms with E-state index in [0.717, 1.165) is 11.1 Å². The molecule has 6 nitrogen and oxygen atoms in total. The van der Waals surface area contributed by atoms with Crippen LogP contribution in [0.25, 0.3) is 0 Å². The molecule has 0 radical (unpaired) electrons. The summed E-state index contributed by atoms with van der Waals surface area (Å²) in [7, 11) is 1.58. The Morgan fingerprint density at radius 2 is 1.65 bits per heavy atom. The average Bonchev–Trinajstić information content (AvgIpc) is 2.85. The molecule has 3 aromatic rings. The van der Waals surface area contributed by atoms with Gasteiger partial charge in [-0.25, -0.2) is 0 Å². The minimum absolute atomic E-state index is 0.183. The van der Waals surface area contributed by atoms with Crippen LogP contribution in [-0.2, 0) is 22.6 Å². The summed E-state index contributed by atoms with van der Waals surface area (Å²) < 4.78 is 11.1. The molecule has 0 aliphatic rings. The second-order valence-electron chi connectivity index (χ2n) is 9.68. The van der Waals surface area contributed by atoms with Crippen molar-refractivity contribution in [1.82, 2.24) is 10.2 Å². The van der Waals surface area contributed by atoms with Crippen LogP contribution in [0.3, 0.4) is 0 Å². The number of carbonyl (C=O) groups is 2. The van der Waals surface area contributed by atoms with Crippen molar-refractivity contribution in [2.45, 2.75) is 45.3 Å². The fourth-order valence-corrected chi connectivity index (χ4v) is 4.25.